The van der Waals surface area contributed by atoms with E-state index in [1.165, 1.54) is 10.5 Å². The lowest BCUT2D eigenvalue weighted by Crippen LogP contribution is -2.48. The Morgan fingerprint density at radius 3 is 2.61 bits per heavy atom. The highest BCUT2D eigenvalue weighted by Gasteiger charge is 2.29. The molecule has 0 amide bonds. The molecule has 172 valence electrons. The Hall–Kier alpha value is -2.86. The number of rotatable bonds is 5. The molecule has 0 radical (unpaired) electrons. The molecule has 11 heteroatoms. The van der Waals surface area contributed by atoms with Crippen molar-refractivity contribution >= 4 is 38.8 Å². The summed E-state index contributed by atoms with van der Waals surface area (Å²) < 4.78 is 37.0. The van der Waals surface area contributed by atoms with E-state index in [1.54, 1.807) is 30.1 Å². The molecule has 1 aliphatic rings. The average molecular weight is 485 g/mol. The first-order valence-corrected chi connectivity index (χ1v) is 12.4. The maximum absolute atomic E-state index is 12.9. The summed E-state index contributed by atoms with van der Waals surface area (Å²) in [5, 5.41) is 5.83. The van der Waals surface area contributed by atoms with Gasteiger partial charge in [-0.05, 0) is 55.0 Å². The number of methoxy groups -OCH3 is 1. The van der Waals surface area contributed by atoms with Crippen LogP contribution in [0.15, 0.2) is 53.7 Å². The molecule has 3 aromatic heterocycles. The van der Waals surface area contributed by atoms with Gasteiger partial charge in [-0.25, -0.2) is 13.1 Å². The van der Waals surface area contributed by atoms with Crippen LogP contribution in [0, 0.1) is 11.7 Å². The van der Waals surface area contributed by atoms with E-state index >= 15 is 0 Å². The number of aromatic nitrogens is 4. The van der Waals surface area contributed by atoms with Crippen LogP contribution in [0.3, 0.4) is 0 Å². The highest BCUT2D eigenvalue weighted by Crippen LogP contribution is 2.26. The Bertz CT molecular complexity index is 1490. The Kier molecular flexibility index (Phi) is 5.65. The van der Waals surface area contributed by atoms with E-state index in [0.717, 1.165) is 27.9 Å². The molecule has 4 heterocycles. The van der Waals surface area contributed by atoms with Gasteiger partial charge in [-0.3, -0.25) is 14.3 Å². The fourth-order valence-electron chi connectivity index (χ4n) is 4.21. The van der Waals surface area contributed by atoms with Crippen molar-refractivity contribution in [3.8, 4) is 5.75 Å². The summed E-state index contributed by atoms with van der Waals surface area (Å²) in [6.45, 7) is 4.52. The summed E-state index contributed by atoms with van der Waals surface area (Å²) in [5.74, 6) is 0.759. The van der Waals surface area contributed by atoms with E-state index in [0.29, 0.717) is 37.6 Å². The van der Waals surface area contributed by atoms with Crippen LogP contribution >= 0.6 is 12.2 Å². The average Bonchev–Trinajstić information content (AvgIpc) is 3.14. The number of benzene rings is 1. The summed E-state index contributed by atoms with van der Waals surface area (Å²) >= 11 is 5.77. The largest absolute Gasteiger partial charge is 0.497 e. The van der Waals surface area contributed by atoms with E-state index in [1.807, 2.05) is 28.7 Å². The molecular weight excluding hydrogens is 460 g/mol. The van der Waals surface area contributed by atoms with Crippen LogP contribution in [0.25, 0.3) is 16.6 Å². The van der Waals surface area contributed by atoms with Crippen molar-refractivity contribution in [3.63, 3.8) is 0 Å². The number of aryl methyl sites for hydroxylation is 1. The maximum atomic E-state index is 12.9. The normalized spacial score (nSPS) is 15.9. The van der Waals surface area contributed by atoms with Crippen molar-refractivity contribution in [2.75, 3.05) is 33.3 Å². The molecule has 5 rings (SSSR count). The first kappa shape index (κ1) is 22.0. The van der Waals surface area contributed by atoms with Crippen LogP contribution < -0.4 is 4.74 Å². The van der Waals surface area contributed by atoms with Crippen molar-refractivity contribution in [2.24, 2.45) is 0 Å². The second-order valence-electron chi connectivity index (χ2n) is 8.04. The van der Waals surface area contributed by atoms with Crippen LogP contribution in [0.1, 0.15) is 5.56 Å². The molecule has 0 spiro atoms. The van der Waals surface area contributed by atoms with Crippen molar-refractivity contribution in [1.29, 1.82) is 0 Å². The van der Waals surface area contributed by atoms with Gasteiger partial charge in [0.25, 0.3) is 0 Å². The standard InChI is InChI=1S/C22H24N6O3S2/c1-16-12-21-24-27(22(32)28(21)20-13-17(31-2)5-6-19(16)20)15-25-8-10-26(11-9-25)33(29,30)18-4-3-7-23-14-18/h3-7,12-14H,8-11,15H2,1-2H3. The Labute approximate surface area is 196 Å². The van der Waals surface area contributed by atoms with Gasteiger partial charge in [0, 0.05) is 50.0 Å². The van der Waals surface area contributed by atoms with Gasteiger partial charge in [0.15, 0.2) is 5.65 Å². The van der Waals surface area contributed by atoms with Gasteiger partial charge in [0.05, 0.1) is 19.3 Å². The minimum Gasteiger partial charge on any atom is -0.497 e. The third-order valence-corrected chi connectivity index (χ3v) is 8.29. The predicted octanol–water partition coefficient (Wildman–Crippen LogP) is 2.69. The topological polar surface area (TPSA) is 85.0 Å². The fourth-order valence-corrected chi connectivity index (χ4v) is 5.89. The van der Waals surface area contributed by atoms with Gasteiger partial charge in [-0.2, -0.15) is 9.40 Å². The molecule has 1 fully saturated rings. The molecule has 33 heavy (non-hydrogen) atoms. The summed E-state index contributed by atoms with van der Waals surface area (Å²) in [5.41, 5.74) is 2.84. The lowest BCUT2D eigenvalue weighted by atomic mass is 10.1. The van der Waals surface area contributed by atoms with E-state index in [4.69, 9.17) is 22.1 Å². The molecular formula is C22H24N6O3S2. The third-order valence-electron chi connectivity index (χ3n) is 6.02. The van der Waals surface area contributed by atoms with Crippen LogP contribution in [-0.4, -0.2) is 70.1 Å². The van der Waals surface area contributed by atoms with Gasteiger partial charge in [-0.15, -0.1) is 0 Å². The molecule has 4 aromatic rings. The molecule has 1 aromatic carbocycles. The molecule has 9 nitrogen and oxygen atoms in total. The van der Waals surface area contributed by atoms with E-state index < -0.39 is 10.0 Å². The lowest BCUT2D eigenvalue weighted by molar-refractivity contribution is 0.145. The molecule has 0 atom stereocenters. The molecule has 1 saturated heterocycles. The molecule has 0 bridgehead atoms. The second kappa shape index (κ2) is 8.49. The van der Waals surface area contributed by atoms with Gasteiger partial charge >= 0.3 is 0 Å². The van der Waals surface area contributed by atoms with Gasteiger partial charge in [-0.1, -0.05) is 0 Å². The highest BCUT2D eigenvalue weighted by atomic mass is 32.2. The SMILES string of the molecule is COc1ccc2c(C)cc3nn(CN4CCN(S(=O)(=O)c5cccnc5)CC4)c(=S)n3c2c1. The summed E-state index contributed by atoms with van der Waals surface area (Å²) in [6.07, 6.45) is 2.95. The quantitative estimate of drug-likeness (QED) is 0.403. The zero-order valence-corrected chi connectivity index (χ0v) is 20.0. The fraction of sp³-hybridized carbons (Fsp3) is 0.318. The number of hydrogen-bond acceptors (Lipinski definition) is 7. The molecule has 0 unspecified atom stereocenters. The Morgan fingerprint density at radius 2 is 1.91 bits per heavy atom. The number of ether oxygens (including phenoxy) is 1. The van der Waals surface area contributed by atoms with Crippen molar-refractivity contribution < 1.29 is 13.2 Å². The summed E-state index contributed by atoms with van der Waals surface area (Å²) in [6, 6.07) is 11.2. The van der Waals surface area contributed by atoms with Gasteiger partial charge in [0.1, 0.15) is 10.6 Å². The number of pyridine rings is 2. The van der Waals surface area contributed by atoms with E-state index in [-0.39, 0.29) is 4.90 Å². The molecule has 1 aliphatic heterocycles. The van der Waals surface area contributed by atoms with Crippen LogP contribution in [0.4, 0.5) is 0 Å². The molecule has 0 saturated carbocycles. The van der Waals surface area contributed by atoms with Gasteiger partial charge < -0.3 is 4.74 Å². The minimum absolute atomic E-state index is 0.221. The van der Waals surface area contributed by atoms with Gasteiger partial charge in [0.2, 0.25) is 14.8 Å². The number of nitrogens with zero attached hydrogens (tertiary/aromatic N) is 6. The smallest absolute Gasteiger partial charge is 0.244 e. The van der Waals surface area contributed by atoms with Crippen LogP contribution in [0.2, 0.25) is 0 Å². The Balaban J connectivity index is 1.39. The molecule has 0 aliphatic carbocycles. The van der Waals surface area contributed by atoms with Crippen LogP contribution in [-0.2, 0) is 16.7 Å². The number of piperazine rings is 1. The number of fused-ring (bicyclic) bond motifs is 3. The van der Waals surface area contributed by atoms with Crippen molar-refractivity contribution in [1.82, 2.24) is 28.4 Å². The summed E-state index contributed by atoms with van der Waals surface area (Å²) in [4.78, 5) is 6.32. The van der Waals surface area contributed by atoms with E-state index in [2.05, 4.69) is 16.8 Å². The molecule has 0 N–H and O–H groups in total. The van der Waals surface area contributed by atoms with Crippen LogP contribution in [0.5, 0.6) is 5.75 Å². The lowest BCUT2D eigenvalue weighted by Gasteiger charge is -2.33. The zero-order chi connectivity index (χ0) is 23.2. The summed E-state index contributed by atoms with van der Waals surface area (Å²) in [7, 11) is -1.89. The van der Waals surface area contributed by atoms with Crippen molar-refractivity contribution in [2.45, 2.75) is 18.5 Å². The predicted molar refractivity (Wildman–Crippen MR) is 127 cm³/mol. The Morgan fingerprint density at radius 1 is 1.12 bits per heavy atom. The van der Waals surface area contributed by atoms with E-state index in [9.17, 15) is 8.42 Å². The minimum atomic E-state index is -3.54. The number of hydrogen-bond donors (Lipinski definition) is 0. The highest BCUT2D eigenvalue weighted by molar-refractivity contribution is 7.89. The second-order valence-corrected chi connectivity index (χ2v) is 10.3. The monoisotopic (exact) mass is 484 g/mol. The number of sulfonamides is 1. The third kappa shape index (κ3) is 3.90. The first-order chi connectivity index (χ1) is 15.9. The first-order valence-electron chi connectivity index (χ1n) is 10.6. The van der Waals surface area contributed by atoms with Crippen molar-refractivity contribution in [3.05, 3.63) is 59.1 Å². The zero-order valence-electron chi connectivity index (χ0n) is 18.4. The maximum Gasteiger partial charge on any atom is 0.244 e.